The van der Waals surface area contributed by atoms with Gasteiger partial charge in [0.2, 0.25) is 5.91 Å². The third-order valence-electron chi connectivity index (χ3n) is 6.26. The minimum Gasteiger partial charge on any atom is -0.340 e. The lowest BCUT2D eigenvalue weighted by Gasteiger charge is -2.41. The Morgan fingerprint density at radius 1 is 1.19 bits per heavy atom. The molecular formula is C21H26FN3O2. The van der Waals surface area contributed by atoms with Gasteiger partial charge in [-0.3, -0.25) is 9.59 Å². The first kappa shape index (κ1) is 18.0. The monoisotopic (exact) mass is 371 g/mol. The van der Waals surface area contributed by atoms with Crippen LogP contribution in [0.1, 0.15) is 43.6 Å². The molecule has 3 heterocycles. The van der Waals surface area contributed by atoms with Crippen LogP contribution in [0.5, 0.6) is 0 Å². The Hall–Kier alpha value is -2.37. The number of carbonyl (C=O) groups is 2. The Morgan fingerprint density at radius 3 is 2.70 bits per heavy atom. The summed E-state index contributed by atoms with van der Waals surface area (Å²) in [6.45, 7) is 5.96. The third-order valence-corrected chi connectivity index (χ3v) is 6.26. The Labute approximate surface area is 158 Å². The summed E-state index contributed by atoms with van der Waals surface area (Å²) < 4.78 is 15.3. The second kappa shape index (κ2) is 6.36. The lowest BCUT2D eigenvalue weighted by molar-refractivity contribution is -0.147. The van der Waals surface area contributed by atoms with Crippen LogP contribution in [0.25, 0.3) is 10.9 Å². The molecule has 2 fully saturated rings. The highest BCUT2D eigenvalue weighted by Crippen LogP contribution is 2.41. The molecule has 1 unspecified atom stereocenters. The minimum absolute atomic E-state index is 0.0829. The maximum atomic E-state index is 13.5. The van der Waals surface area contributed by atoms with E-state index in [4.69, 9.17) is 0 Å². The van der Waals surface area contributed by atoms with E-state index in [-0.39, 0.29) is 23.7 Å². The molecule has 0 saturated carbocycles. The molecule has 6 heteroatoms. The van der Waals surface area contributed by atoms with Gasteiger partial charge in [-0.05, 0) is 57.4 Å². The summed E-state index contributed by atoms with van der Waals surface area (Å²) in [5.41, 5.74) is 0.930. The first-order valence-electron chi connectivity index (χ1n) is 9.68. The number of hydrogen-bond acceptors (Lipinski definition) is 2. The molecular weight excluding hydrogens is 345 g/mol. The topological polar surface area (TPSA) is 45.5 Å². The molecule has 2 aliphatic rings. The van der Waals surface area contributed by atoms with Crippen LogP contribution in [0.3, 0.4) is 0 Å². The zero-order valence-electron chi connectivity index (χ0n) is 16.2. The molecule has 0 aliphatic carbocycles. The Bertz CT molecular complexity index is 920. The maximum Gasteiger partial charge on any atom is 0.270 e. The number of carbonyl (C=O) groups excluding carboxylic acids is 2. The van der Waals surface area contributed by atoms with Gasteiger partial charge >= 0.3 is 0 Å². The van der Waals surface area contributed by atoms with Crippen molar-refractivity contribution >= 4 is 22.7 Å². The van der Waals surface area contributed by atoms with Crippen LogP contribution in [-0.2, 0) is 11.8 Å². The third kappa shape index (κ3) is 2.82. The Balaban J connectivity index is 1.60. The molecule has 4 rings (SSSR count). The van der Waals surface area contributed by atoms with Crippen molar-refractivity contribution in [2.45, 2.75) is 39.2 Å². The van der Waals surface area contributed by atoms with E-state index in [2.05, 4.69) is 0 Å². The van der Waals surface area contributed by atoms with Crippen LogP contribution in [0.4, 0.5) is 4.39 Å². The minimum atomic E-state index is -0.436. The number of hydrogen-bond donors (Lipinski definition) is 0. The van der Waals surface area contributed by atoms with Crippen LogP contribution in [0.2, 0.25) is 0 Å². The van der Waals surface area contributed by atoms with Crippen molar-refractivity contribution in [3.8, 4) is 0 Å². The van der Waals surface area contributed by atoms with E-state index in [1.54, 1.807) is 17.0 Å². The zero-order valence-corrected chi connectivity index (χ0v) is 16.2. The Kier molecular flexibility index (Phi) is 4.24. The average Bonchev–Trinajstić information content (AvgIpc) is 3.19. The van der Waals surface area contributed by atoms with Gasteiger partial charge in [-0.15, -0.1) is 0 Å². The fourth-order valence-corrected chi connectivity index (χ4v) is 4.71. The number of piperidine rings is 1. The summed E-state index contributed by atoms with van der Waals surface area (Å²) in [6, 6.07) is 6.48. The number of fused-ring (bicyclic) bond motifs is 1. The predicted octanol–water partition coefficient (Wildman–Crippen LogP) is 3.18. The maximum absolute atomic E-state index is 13.5. The van der Waals surface area contributed by atoms with Gasteiger partial charge in [-0.1, -0.05) is 0 Å². The second-order valence-electron chi connectivity index (χ2n) is 8.24. The van der Waals surface area contributed by atoms with Crippen molar-refractivity contribution in [2.24, 2.45) is 12.5 Å². The summed E-state index contributed by atoms with van der Waals surface area (Å²) >= 11 is 0. The number of aryl methyl sites for hydroxylation is 1. The molecule has 5 nitrogen and oxygen atoms in total. The normalized spacial score (nSPS) is 23.2. The van der Waals surface area contributed by atoms with Crippen molar-refractivity contribution in [2.75, 3.05) is 19.6 Å². The van der Waals surface area contributed by atoms with Crippen LogP contribution < -0.4 is 0 Å². The largest absolute Gasteiger partial charge is 0.340 e. The molecule has 144 valence electrons. The molecule has 0 N–H and O–H groups in total. The van der Waals surface area contributed by atoms with E-state index >= 15 is 0 Å². The molecule has 2 saturated heterocycles. The van der Waals surface area contributed by atoms with E-state index in [1.165, 1.54) is 12.1 Å². The van der Waals surface area contributed by atoms with Crippen LogP contribution in [0, 0.1) is 11.2 Å². The van der Waals surface area contributed by atoms with Crippen LogP contribution in [-0.4, -0.2) is 51.9 Å². The zero-order chi connectivity index (χ0) is 19.3. The number of nitrogens with zero attached hydrogens (tertiary/aromatic N) is 3. The smallest absolute Gasteiger partial charge is 0.270 e. The summed E-state index contributed by atoms with van der Waals surface area (Å²) in [5.74, 6) is -0.201. The van der Waals surface area contributed by atoms with Gasteiger partial charge < -0.3 is 14.4 Å². The van der Waals surface area contributed by atoms with Gasteiger partial charge in [0.1, 0.15) is 11.5 Å². The first-order valence-corrected chi connectivity index (χ1v) is 9.68. The molecule has 0 bridgehead atoms. The van der Waals surface area contributed by atoms with Gasteiger partial charge in [-0.25, -0.2) is 4.39 Å². The predicted molar refractivity (Wildman–Crippen MR) is 102 cm³/mol. The average molecular weight is 371 g/mol. The summed E-state index contributed by atoms with van der Waals surface area (Å²) in [4.78, 5) is 30.0. The van der Waals surface area contributed by atoms with Gasteiger partial charge in [0.25, 0.3) is 5.91 Å². The number of aromatic nitrogens is 1. The van der Waals surface area contributed by atoms with Gasteiger partial charge in [0.15, 0.2) is 0 Å². The first-order chi connectivity index (χ1) is 12.8. The number of amides is 2. The summed E-state index contributed by atoms with van der Waals surface area (Å²) in [7, 11) is 1.82. The molecule has 27 heavy (non-hydrogen) atoms. The Morgan fingerprint density at radius 2 is 1.96 bits per heavy atom. The molecule has 1 aromatic heterocycles. The van der Waals surface area contributed by atoms with Crippen LogP contribution in [0.15, 0.2) is 24.3 Å². The van der Waals surface area contributed by atoms with E-state index in [1.807, 2.05) is 30.4 Å². The van der Waals surface area contributed by atoms with E-state index in [0.717, 1.165) is 36.7 Å². The number of halogens is 1. The van der Waals surface area contributed by atoms with E-state index in [9.17, 15) is 14.0 Å². The quantitative estimate of drug-likeness (QED) is 0.814. The molecule has 1 atom stereocenters. The molecule has 1 aromatic carbocycles. The van der Waals surface area contributed by atoms with Crippen molar-refractivity contribution in [1.82, 2.24) is 14.4 Å². The fourth-order valence-electron chi connectivity index (χ4n) is 4.71. The highest BCUT2D eigenvalue weighted by Gasteiger charge is 2.50. The van der Waals surface area contributed by atoms with Crippen LogP contribution >= 0.6 is 0 Å². The summed E-state index contributed by atoms with van der Waals surface area (Å²) in [6.07, 6.45) is 2.55. The molecule has 2 aromatic rings. The lowest BCUT2D eigenvalue weighted by Crippen LogP contribution is -2.52. The summed E-state index contributed by atoms with van der Waals surface area (Å²) in [5, 5.41) is 0.717. The molecule has 2 amide bonds. The lowest BCUT2D eigenvalue weighted by atomic mass is 9.78. The van der Waals surface area contributed by atoms with E-state index < -0.39 is 5.41 Å². The molecule has 1 spiro atoms. The highest BCUT2D eigenvalue weighted by molar-refractivity contribution is 5.99. The number of rotatable bonds is 2. The van der Waals surface area contributed by atoms with Crippen molar-refractivity contribution in [1.29, 1.82) is 0 Å². The fraction of sp³-hybridized carbons (Fsp3) is 0.524. The second-order valence-corrected chi connectivity index (χ2v) is 8.24. The van der Waals surface area contributed by atoms with Gasteiger partial charge in [0, 0.05) is 43.6 Å². The number of benzene rings is 1. The standard InChI is InChI=1S/C21H26FN3O2/c1-14(2)25-9-4-7-21(20(25)27)8-10-24(13-21)19(26)18-12-15-11-16(22)5-6-17(15)23(18)3/h5-6,11-12,14H,4,7-10,13H2,1-3H3. The molecule has 2 aliphatic heterocycles. The van der Waals surface area contributed by atoms with E-state index in [0.29, 0.717) is 18.8 Å². The molecule has 0 radical (unpaired) electrons. The van der Waals surface area contributed by atoms with Crippen molar-refractivity contribution in [3.63, 3.8) is 0 Å². The highest BCUT2D eigenvalue weighted by atomic mass is 19.1. The van der Waals surface area contributed by atoms with Crippen molar-refractivity contribution < 1.29 is 14.0 Å². The SMILES string of the molecule is CC(C)N1CCCC2(CCN(C(=O)c3cc4cc(F)ccc4n3C)C2)C1=O. The number of likely N-dealkylation sites (tertiary alicyclic amines) is 2. The van der Waals surface area contributed by atoms with Gasteiger partial charge in [-0.2, -0.15) is 0 Å². The van der Waals surface area contributed by atoms with Crippen molar-refractivity contribution in [3.05, 3.63) is 35.8 Å². The van der Waals surface area contributed by atoms with Gasteiger partial charge in [0.05, 0.1) is 5.41 Å².